The van der Waals surface area contributed by atoms with Crippen LogP contribution in [0, 0.1) is 24.0 Å². The molecule has 29 heavy (non-hydrogen) atoms. The number of nitro groups is 1. The first kappa shape index (κ1) is 18.4. The van der Waals surface area contributed by atoms with Gasteiger partial charge in [-0.05, 0) is 44.2 Å². The number of hydrogen-bond acceptors (Lipinski definition) is 5. The molecule has 4 rings (SSSR count). The van der Waals surface area contributed by atoms with E-state index < -0.39 is 4.92 Å². The zero-order valence-corrected chi connectivity index (χ0v) is 16.0. The number of para-hydroxylation sites is 1. The largest absolute Gasteiger partial charge is 0.471 e. The molecule has 0 aliphatic heterocycles. The van der Waals surface area contributed by atoms with Crippen LogP contribution in [0.15, 0.2) is 66.7 Å². The Hall–Kier alpha value is -3.94. The molecule has 0 amide bonds. The number of non-ortho nitro benzene ring substituents is 1. The number of aromatic nitrogens is 4. The maximum absolute atomic E-state index is 10.9. The van der Waals surface area contributed by atoms with Crippen LogP contribution in [-0.2, 0) is 6.61 Å². The summed E-state index contributed by atoms with van der Waals surface area (Å²) in [5.41, 5.74) is 4.26. The van der Waals surface area contributed by atoms with E-state index in [4.69, 9.17) is 4.74 Å². The summed E-state index contributed by atoms with van der Waals surface area (Å²) in [6, 6.07) is 19.9. The van der Waals surface area contributed by atoms with Crippen molar-refractivity contribution in [1.29, 1.82) is 0 Å². The average Bonchev–Trinajstić information content (AvgIpc) is 3.29. The Morgan fingerprint density at radius 1 is 0.897 bits per heavy atom. The number of benzene rings is 2. The van der Waals surface area contributed by atoms with Crippen LogP contribution in [-0.4, -0.2) is 24.5 Å². The minimum atomic E-state index is -0.428. The Kier molecular flexibility index (Phi) is 4.82. The maximum atomic E-state index is 10.9. The first-order valence-electron chi connectivity index (χ1n) is 9.06. The lowest BCUT2D eigenvalue weighted by atomic mass is 10.3. The number of aryl methyl sites for hydroxylation is 2. The zero-order valence-electron chi connectivity index (χ0n) is 16.0. The van der Waals surface area contributed by atoms with Crippen LogP contribution in [0.2, 0.25) is 0 Å². The van der Waals surface area contributed by atoms with E-state index in [0.29, 0.717) is 18.2 Å². The highest BCUT2D eigenvalue weighted by Crippen LogP contribution is 2.23. The van der Waals surface area contributed by atoms with Gasteiger partial charge in [0.05, 0.1) is 33.4 Å². The van der Waals surface area contributed by atoms with Gasteiger partial charge in [0, 0.05) is 18.2 Å². The van der Waals surface area contributed by atoms with E-state index in [2.05, 4.69) is 10.2 Å². The molecule has 8 nitrogen and oxygen atoms in total. The van der Waals surface area contributed by atoms with Crippen LogP contribution >= 0.6 is 0 Å². The van der Waals surface area contributed by atoms with E-state index in [1.165, 1.54) is 12.1 Å². The van der Waals surface area contributed by atoms with Crippen LogP contribution in [0.5, 0.6) is 5.88 Å². The molecular formula is C21H19N5O3. The minimum Gasteiger partial charge on any atom is -0.471 e. The van der Waals surface area contributed by atoms with Crippen LogP contribution in [0.3, 0.4) is 0 Å². The Balaban J connectivity index is 1.60. The molecule has 2 aromatic heterocycles. The van der Waals surface area contributed by atoms with Crippen LogP contribution in [0.25, 0.3) is 11.4 Å². The van der Waals surface area contributed by atoms with Gasteiger partial charge in [-0.2, -0.15) is 10.2 Å². The fourth-order valence-electron chi connectivity index (χ4n) is 3.08. The van der Waals surface area contributed by atoms with Crippen LogP contribution in [0.4, 0.5) is 5.69 Å². The van der Waals surface area contributed by atoms with E-state index >= 15 is 0 Å². The summed E-state index contributed by atoms with van der Waals surface area (Å²) >= 11 is 0. The van der Waals surface area contributed by atoms with Gasteiger partial charge >= 0.3 is 0 Å². The monoisotopic (exact) mass is 389 g/mol. The van der Waals surface area contributed by atoms with Crippen molar-refractivity contribution >= 4 is 5.69 Å². The summed E-state index contributed by atoms with van der Waals surface area (Å²) in [7, 11) is 0. The van der Waals surface area contributed by atoms with Gasteiger partial charge < -0.3 is 4.74 Å². The van der Waals surface area contributed by atoms with Crippen LogP contribution < -0.4 is 4.74 Å². The second-order valence-corrected chi connectivity index (χ2v) is 6.62. The third-order valence-corrected chi connectivity index (χ3v) is 4.38. The molecule has 0 aliphatic carbocycles. The molecule has 0 atom stereocenters. The number of ether oxygens (including phenoxy) is 1. The van der Waals surface area contributed by atoms with E-state index in [0.717, 1.165) is 22.8 Å². The van der Waals surface area contributed by atoms with Gasteiger partial charge in [0.1, 0.15) is 6.61 Å². The molecular weight excluding hydrogens is 370 g/mol. The third kappa shape index (κ3) is 3.86. The number of rotatable bonds is 6. The highest BCUT2D eigenvalue weighted by Gasteiger charge is 2.14. The van der Waals surface area contributed by atoms with Crippen molar-refractivity contribution in [3.05, 3.63) is 93.9 Å². The highest BCUT2D eigenvalue weighted by molar-refractivity contribution is 5.42. The molecule has 4 aromatic rings. The predicted molar refractivity (Wildman–Crippen MR) is 108 cm³/mol. The van der Waals surface area contributed by atoms with Gasteiger partial charge in [0.2, 0.25) is 5.88 Å². The normalized spacial score (nSPS) is 10.8. The summed E-state index contributed by atoms with van der Waals surface area (Å²) < 4.78 is 9.55. The fourth-order valence-corrected chi connectivity index (χ4v) is 3.08. The predicted octanol–water partition coefficient (Wildman–Crippen LogP) is 4.16. The van der Waals surface area contributed by atoms with E-state index in [1.807, 2.05) is 61.0 Å². The van der Waals surface area contributed by atoms with Crippen molar-refractivity contribution in [2.75, 3.05) is 0 Å². The molecule has 2 aromatic carbocycles. The number of nitrogens with zero attached hydrogens (tertiary/aromatic N) is 5. The zero-order chi connectivity index (χ0) is 20.4. The Labute approximate surface area is 167 Å². The quantitative estimate of drug-likeness (QED) is 0.365. The summed E-state index contributed by atoms with van der Waals surface area (Å²) in [5, 5.41) is 19.9. The molecule has 8 heteroatoms. The Morgan fingerprint density at radius 3 is 2.21 bits per heavy atom. The van der Waals surface area contributed by atoms with Gasteiger partial charge in [0.25, 0.3) is 5.69 Å². The molecule has 146 valence electrons. The third-order valence-electron chi connectivity index (χ3n) is 4.38. The summed E-state index contributed by atoms with van der Waals surface area (Å²) in [4.78, 5) is 10.5. The lowest BCUT2D eigenvalue weighted by Crippen LogP contribution is -2.08. The van der Waals surface area contributed by atoms with Crippen molar-refractivity contribution < 1.29 is 9.66 Å². The molecule has 0 saturated heterocycles. The summed E-state index contributed by atoms with van der Waals surface area (Å²) in [6.07, 6.45) is 0. The van der Waals surface area contributed by atoms with Gasteiger partial charge in [0.15, 0.2) is 0 Å². The maximum Gasteiger partial charge on any atom is 0.269 e. The second kappa shape index (κ2) is 7.59. The molecule has 0 radical (unpaired) electrons. The molecule has 0 fully saturated rings. The van der Waals surface area contributed by atoms with E-state index in [-0.39, 0.29) is 5.69 Å². The molecule has 2 heterocycles. The summed E-state index contributed by atoms with van der Waals surface area (Å²) in [6.45, 7) is 4.11. The first-order valence-corrected chi connectivity index (χ1v) is 9.06. The highest BCUT2D eigenvalue weighted by atomic mass is 16.6. The molecule has 0 N–H and O–H groups in total. The number of nitro benzene ring substituents is 1. The smallest absolute Gasteiger partial charge is 0.269 e. The standard InChI is InChI=1S/C21H19N5O3/c1-15-12-20(24(22-15)17-6-4-3-5-7-17)14-29-21-13-16(2)23-25(21)18-8-10-19(11-9-18)26(27)28/h3-13H,14H2,1-2H3. The SMILES string of the molecule is Cc1cc(COc2cc(C)nn2-c2ccc([N+](=O)[O-])cc2)n(-c2ccccc2)n1. The number of hydrogen-bond donors (Lipinski definition) is 0. The average molecular weight is 389 g/mol. The lowest BCUT2D eigenvalue weighted by Gasteiger charge is -2.11. The van der Waals surface area contributed by atoms with Crippen molar-refractivity contribution in [3.8, 4) is 17.3 Å². The van der Waals surface area contributed by atoms with Crippen molar-refractivity contribution in [2.24, 2.45) is 0 Å². The molecule has 0 unspecified atom stereocenters. The van der Waals surface area contributed by atoms with E-state index in [1.54, 1.807) is 16.8 Å². The van der Waals surface area contributed by atoms with Gasteiger partial charge in [-0.25, -0.2) is 9.36 Å². The molecule has 0 aliphatic rings. The second-order valence-electron chi connectivity index (χ2n) is 6.62. The van der Waals surface area contributed by atoms with Gasteiger partial charge in [-0.3, -0.25) is 10.1 Å². The van der Waals surface area contributed by atoms with Gasteiger partial charge in [-0.15, -0.1) is 0 Å². The van der Waals surface area contributed by atoms with Crippen molar-refractivity contribution in [3.63, 3.8) is 0 Å². The topological polar surface area (TPSA) is 88.0 Å². The van der Waals surface area contributed by atoms with Crippen molar-refractivity contribution in [1.82, 2.24) is 19.6 Å². The van der Waals surface area contributed by atoms with E-state index in [9.17, 15) is 10.1 Å². The van der Waals surface area contributed by atoms with Crippen LogP contribution in [0.1, 0.15) is 17.1 Å². The Bertz CT molecular complexity index is 1150. The van der Waals surface area contributed by atoms with Gasteiger partial charge in [-0.1, -0.05) is 18.2 Å². The minimum absolute atomic E-state index is 0.0299. The first-order chi connectivity index (χ1) is 14.0. The lowest BCUT2D eigenvalue weighted by molar-refractivity contribution is -0.384. The molecule has 0 bridgehead atoms. The summed E-state index contributed by atoms with van der Waals surface area (Å²) in [5.74, 6) is 0.551. The fraction of sp³-hybridized carbons (Fsp3) is 0.143. The molecule has 0 saturated carbocycles. The van der Waals surface area contributed by atoms with Crippen molar-refractivity contribution in [2.45, 2.75) is 20.5 Å². The molecule has 0 spiro atoms. The Morgan fingerprint density at radius 2 is 1.52 bits per heavy atom.